The van der Waals surface area contributed by atoms with E-state index in [9.17, 15) is 13.2 Å². The molecule has 1 heterocycles. The maximum atomic E-state index is 12.7. The Bertz CT molecular complexity index is 921. The van der Waals surface area contributed by atoms with E-state index >= 15 is 0 Å². The van der Waals surface area contributed by atoms with E-state index in [1.54, 1.807) is 24.3 Å². The lowest BCUT2D eigenvalue weighted by Gasteiger charge is -2.28. The van der Waals surface area contributed by atoms with Crippen molar-refractivity contribution in [3.05, 3.63) is 54.1 Å². The lowest BCUT2D eigenvalue weighted by molar-refractivity contribution is -0.116. The molecule has 1 aliphatic heterocycles. The van der Waals surface area contributed by atoms with Gasteiger partial charge in [0.2, 0.25) is 15.9 Å². The normalized spacial score (nSPS) is 14.8. The van der Waals surface area contributed by atoms with Crippen molar-refractivity contribution in [3.8, 4) is 0 Å². The highest BCUT2D eigenvalue weighted by Crippen LogP contribution is 2.19. The van der Waals surface area contributed by atoms with Gasteiger partial charge in [0.25, 0.3) is 0 Å². The molecule has 0 saturated carbocycles. The van der Waals surface area contributed by atoms with E-state index < -0.39 is 10.0 Å². The van der Waals surface area contributed by atoms with Crippen LogP contribution in [0.5, 0.6) is 0 Å². The summed E-state index contributed by atoms with van der Waals surface area (Å²) in [7, 11) is -2.31. The number of aryl methyl sites for hydroxylation is 1. The molecule has 1 saturated heterocycles. The quantitative estimate of drug-likeness (QED) is 0.748. The second-order valence-corrected chi connectivity index (χ2v) is 9.00. The zero-order valence-corrected chi connectivity index (χ0v) is 17.6. The molecule has 1 fully saturated rings. The first-order valence-electron chi connectivity index (χ1n) is 9.68. The highest BCUT2D eigenvalue weighted by molar-refractivity contribution is 7.89. The number of carbonyl (C=O) groups excluding carboxylic acids is 1. The van der Waals surface area contributed by atoms with E-state index in [-0.39, 0.29) is 17.3 Å². The van der Waals surface area contributed by atoms with Crippen molar-refractivity contribution in [2.45, 2.75) is 18.2 Å². The van der Waals surface area contributed by atoms with Crippen molar-refractivity contribution in [2.75, 3.05) is 50.1 Å². The molecular weight excluding hydrogens is 390 g/mol. The van der Waals surface area contributed by atoms with Gasteiger partial charge in [-0.2, -0.15) is 4.31 Å². The number of carbonyl (C=O) groups is 1. The van der Waals surface area contributed by atoms with Crippen molar-refractivity contribution >= 4 is 27.3 Å². The Morgan fingerprint density at radius 1 is 1.07 bits per heavy atom. The molecule has 1 amide bonds. The average Bonchev–Trinajstić information content (AvgIpc) is 2.74. The minimum Gasteiger partial charge on any atom is -0.378 e. The van der Waals surface area contributed by atoms with Gasteiger partial charge in [0.1, 0.15) is 0 Å². The van der Waals surface area contributed by atoms with Crippen LogP contribution in [0, 0.1) is 0 Å². The van der Waals surface area contributed by atoms with Gasteiger partial charge in [-0.15, -0.1) is 0 Å². The van der Waals surface area contributed by atoms with Crippen molar-refractivity contribution in [1.29, 1.82) is 0 Å². The molecule has 29 heavy (non-hydrogen) atoms. The first-order valence-corrected chi connectivity index (χ1v) is 11.1. The number of hydrogen-bond donors (Lipinski definition) is 1. The maximum absolute atomic E-state index is 12.7. The van der Waals surface area contributed by atoms with Crippen LogP contribution in [-0.2, 0) is 26.0 Å². The van der Waals surface area contributed by atoms with Gasteiger partial charge in [-0.05, 0) is 48.4 Å². The van der Waals surface area contributed by atoms with Crippen LogP contribution in [0.2, 0.25) is 0 Å². The predicted molar refractivity (Wildman–Crippen MR) is 114 cm³/mol. The molecule has 0 aliphatic carbocycles. The zero-order valence-electron chi connectivity index (χ0n) is 16.8. The Morgan fingerprint density at radius 3 is 2.28 bits per heavy atom. The van der Waals surface area contributed by atoms with Crippen LogP contribution in [0.1, 0.15) is 12.5 Å². The van der Waals surface area contributed by atoms with Crippen LogP contribution in [0.3, 0.4) is 0 Å². The summed E-state index contributed by atoms with van der Waals surface area (Å²) in [5.74, 6) is -0.389. The van der Waals surface area contributed by atoms with Gasteiger partial charge < -0.3 is 15.0 Å². The SMILES string of the molecule is CCc1ccc(S(=O)(=O)N(C)CC(=O)Nc2ccc(N3CCOCC3)cc2)cc1. The van der Waals surface area contributed by atoms with E-state index in [0.717, 1.165) is 35.1 Å². The van der Waals surface area contributed by atoms with E-state index in [1.807, 2.05) is 31.2 Å². The van der Waals surface area contributed by atoms with Gasteiger partial charge in [-0.3, -0.25) is 4.79 Å². The minimum absolute atomic E-state index is 0.180. The van der Waals surface area contributed by atoms with Crippen molar-refractivity contribution in [2.24, 2.45) is 0 Å². The number of ether oxygens (including phenoxy) is 1. The second kappa shape index (κ2) is 9.39. The first-order chi connectivity index (χ1) is 13.9. The second-order valence-electron chi connectivity index (χ2n) is 6.95. The molecule has 0 bridgehead atoms. The summed E-state index contributed by atoms with van der Waals surface area (Å²) in [5.41, 5.74) is 2.76. The minimum atomic E-state index is -3.72. The van der Waals surface area contributed by atoms with Crippen LogP contribution >= 0.6 is 0 Å². The van der Waals surface area contributed by atoms with Crippen molar-refractivity contribution in [1.82, 2.24) is 4.31 Å². The lowest BCUT2D eigenvalue weighted by atomic mass is 10.2. The molecular formula is C21H27N3O4S. The van der Waals surface area contributed by atoms with Gasteiger partial charge in [0.15, 0.2) is 0 Å². The van der Waals surface area contributed by atoms with E-state index in [4.69, 9.17) is 4.74 Å². The topological polar surface area (TPSA) is 79.0 Å². The fourth-order valence-electron chi connectivity index (χ4n) is 3.14. The fourth-order valence-corrected chi connectivity index (χ4v) is 4.27. The third-order valence-electron chi connectivity index (χ3n) is 4.93. The van der Waals surface area contributed by atoms with E-state index in [0.29, 0.717) is 18.9 Å². The summed E-state index contributed by atoms with van der Waals surface area (Å²) < 4.78 is 31.8. The Labute approximate surface area is 172 Å². The zero-order chi connectivity index (χ0) is 20.9. The Hall–Kier alpha value is -2.42. The smallest absolute Gasteiger partial charge is 0.243 e. The van der Waals surface area contributed by atoms with Crippen molar-refractivity contribution < 1.29 is 17.9 Å². The average molecular weight is 418 g/mol. The van der Waals surface area contributed by atoms with Crippen LogP contribution in [0.4, 0.5) is 11.4 Å². The third kappa shape index (κ3) is 5.35. The predicted octanol–water partition coefficient (Wildman–Crippen LogP) is 2.34. The highest BCUT2D eigenvalue weighted by atomic mass is 32.2. The lowest BCUT2D eigenvalue weighted by Crippen LogP contribution is -2.36. The van der Waals surface area contributed by atoms with E-state index in [1.165, 1.54) is 7.05 Å². The number of hydrogen-bond acceptors (Lipinski definition) is 5. The van der Waals surface area contributed by atoms with Crippen LogP contribution < -0.4 is 10.2 Å². The molecule has 0 aromatic heterocycles. The third-order valence-corrected chi connectivity index (χ3v) is 6.75. The number of benzene rings is 2. The number of morpholine rings is 1. The number of rotatable bonds is 7. The maximum Gasteiger partial charge on any atom is 0.243 e. The molecule has 0 radical (unpaired) electrons. The Morgan fingerprint density at radius 2 is 1.69 bits per heavy atom. The molecule has 0 spiro atoms. The van der Waals surface area contributed by atoms with Gasteiger partial charge in [-0.25, -0.2) is 8.42 Å². The molecule has 2 aromatic rings. The molecule has 0 atom stereocenters. The number of sulfonamides is 1. The molecule has 1 N–H and O–H groups in total. The molecule has 156 valence electrons. The van der Waals surface area contributed by atoms with Crippen LogP contribution in [0.25, 0.3) is 0 Å². The number of nitrogens with one attached hydrogen (secondary N) is 1. The van der Waals surface area contributed by atoms with Crippen LogP contribution in [0.15, 0.2) is 53.4 Å². The van der Waals surface area contributed by atoms with Gasteiger partial charge in [0, 0.05) is 31.5 Å². The first kappa shape index (κ1) is 21.3. The summed E-state index contributed by atoms with van der Waals surface area (Å²) in [5, 5.41) is 2.76. The monoisotopic (exact) mass is 417 g/mol. The summed E-state index contributed by atoms with van der Waals surface area (Å²) in [4.78, 5) is 14.7. The molecule has 0 unspecified atom stereocenters. The molecule has 1 aliphatic rings. The van der Waals surface area contributed by atoms with Crippen molar-refractivity contribution in [3.63, 3.8) is 0 Å². The summed E-state index contributed by atoms with van der Waals surface area (Å²) >= 11 is 0. The number of amides is 1. The number of nitrogens with zero attached hydrogens (tertiary/aromatic N) is 2. The van der Waals surface area contributed by atoms with Gasteiger partial charge >= 0.3 is 0 Å². The van der Waals surface area contributed by atoms with Gasteiger partial charge in [-0.1, -0.05) is 19.1 Å². The molecule has 2 aromatic carbocycles. The van der Waals surface area contributed by atoms with Gasteiger partial charge in [0.05, 0.1) is 24.7 Å². The van der Waals surface area contributed by atoms with E-state index in [2.05, 4.69) is 10.2 Å². The fraction of sp³-hybridized carbons (Fsp3) is 0.381. The molecule has 8 heteroatoms. The largest absolute Gasteiger partial charge is 0.378 e. The molecule has 3 rings (SSSR count). The number of anilines is 2. The standard InChI is InChI=1S/C21H27N3O4S/c1-3-17-4-10-20(11-5-17)29(26,27)23(2)16-21(25)22-18-6-8-19(9-7-18)24-12-14-28-15-13-24/h4-11H,3,12-16H2,1-2H3,(H,22,25). The summed E-state index contributed by atoms with van der Waals surface area (Å²) in [6.45, 7) is 4.85. The summed E-state index contributed by atoms with van der Waals surface area (Å²) in [6, 6.07) is 14.3. The Kier molecular flexibility index (Phi) is 6.89. The highest BCUT2D eigenvalue weighted by Gasteiger charge is 2.23. The molecule has 7 nitrogen and oxygen atoms in total. The summed E-state index contributed by atoms with van der Waals surface area (Å²) in [6.07, 6.45) is 0.836. The number of likely N-dealkylation sites (N-methyl/N-ethyl adjacent to an activating group) is 1. The Balaban J connectivity index is 1.59. The van der Waals surface area contributed by atoms with Crippen LogP contribution in [-0.4, -0.2) is 58.5 Å².